The van der Waals surface area contributed by atoms with Crippen LogP contribution < -0.4 is 5.32 Å². The number of fused-ring (bicyclic) bond motifs is 1. The highest BCUT2D eigenvalue weighted by Crippen LogP contribution is 2.52. The van der Waals surface area contributed by atoms with Crippen LogP contribution in [0.3, 0.4) is 0 Å². The quantitative estimate of drug-likeness (QED) is 0.585. The van der Waals surface area contributed by atoms with E-state index in [-0.39, 0.29) is 35.7 Å². The Hall–Kier alpha value is -2.79. The fourth-order valence-corrected chi connectivity index (χ4v) is 8.78. The molecule has 0 bridgehead atoms. The molecule has 0 aliphatic carbocycles. The minimum atomic E-state index is -4.08. The highest BCUT2D eigenvalue weighted by molar-refractivity contribution is 7.92. The molecule has 1 aromatic carbocycles. The van der Waals surface area contributed by atoms with E-state index in [0.717, 1.165) is 18.3 Å². The molecule has 4 atom stereocenters. The van der Waals surface area contributed by atoms with Gasteiger partial charge >= 0.3 is 0 Å². The summed E-state index contributed by atoms with van der Waals surface area (Å²) in [4.78, 5) is 16.4. The number of benzene rings is 1. The molecular formula is C26H30F3N3O4S. The molecule has 4 rings (SSSR count). The zero-order chi connectivity index (χ0) is 27.2. The lowest BCUT2D eigenvalue weighted by atomic mass is 9.64. The number of carbonyl (C=O) groups is 1. The number of aromatic nitrogens is 1. The van der Waals surface area contributed by atoms with Gasteiger partial charge in [-0.2, -0.15) is 0 Å². The van der Waals surface area contributed by atoms with Crippen LogP contribution in [0.2, 0.25) is 0 Å². The molecule has 2 aliphatic heterocycles. The first-order valence-electron chi connectivity index (χ1n) is 12.1. The Morgan fingerprint density at radius 1 is 1.24 bits per heavy atom. The number of nitrogens with one attached hydrogen (secondary N) is 2. The minimum Gasteiger partial charge on any atom is -0.373 e. The van der Waals surface area contributed by atoms with E-state index in [4.69, 9.17) is 10.1 Å². The third-order valence-electron chi connectivity index (χ3n) is 7.66. The largest absolute Gasteiger partial charge is 0.373 e. The fourth-order valence-electron chi connectivity index (χ4n) is 5.78. The summed E-state index contributed by atoms with van der Waals surface area (Å²) < 4.78 is 76.3. The molecule has 2 aromatic rings. The molecule has 7 nitrogen and oxygen atoms in total. The van der Waals surface area contributed by atoms with Crippen molar-refractivity contribution in [2.24, 2.45) is 11.3 Å². The number of pyridine rings is 1. The Bertz CT molecular complexity index is 1320. The van der Waals surface area contributed by atoms with Gasteiger partial charge in [0.15, 0.2) is 9.84 Å². The van der Waals surface area contributed by atoms with Crippen molar-refractivity contribution >= 4 is 27.1 Å². The SMILES string of the molecule is CCC1CC(=N)C(C)(C)CS(=O)(=O)C2C(CF)OCC12c1cc(NC(=O)c2ccc(F)cn2)ccc1F. The Balaban J connectivity index is 1.86. The van der Waals surface area contributed by atoms with Gasteiger partial charge in [0.05, 0.1) is 18.6 Å². The smallest absolute Gasteiger partial charge is 0.274 e. The van der Waals surface area contributed by atoms with Crippen LogP contribution in [0, 0.1) is 28.4 Å². The van der Waals surface area contributed by atoms with Crippen LogP contribution in [-0.4, -0.2) is 55.4 Å². The van der Waals surface area contributed by atoms with Crippen molar-refractivity contribution in [2.75, 3.05) is 24.4 Å². The molecule has 37 heavy (non-hydrogen) atoms. The van der Waals surface area contributed by atoms with Crippen molar-refractivity contribution in [3.63, 3.8) is 0 Å². The van der Waals surface area contributed by atoms with Crippen LogP contribution in [0.5, 0.6) is 0 Å². The van der Waals surface area contributed by atoms with Gasteiger partial charge < -0.3 is 15.5 Å². The first kappa shape index (κ1) is 27.3. The molecule has 200 valence electrons. The maximum atomic E-state index is 15.6. The van der Waals surface area contributed by atoms with E-state index in [1.54, 1.807) is 13.8 Å². The molecule has 2 N–H and O–H groups in total. The van der Waals surface area contributed by atoms with Gasteiger partial charge in [-0.3, -0.25) is 4.79 Å². The Labute approximate surface area is 214 Å². The molecule has 2 fully saturated rings. The Morgan fingerprint density at radius 3 is 2.59 bits per heavy atom. The lowest BCUT2D eigenvalue weighted by Gasteiger charge is -2.46. The average Bonchev–Trinajstić information content (AvgIpc) is 3.24. The van der Waals surface area contributed by atoms with Crippen molar-refractivity contribution in [3.05, 3.63) is 59.4 Å². The Morgan fingerprint density at radius 2 is 1.97 bits per heavy atom. The van der Waals surface area contributed by atoms with Crippen molar-refractivity contribution in [1.82, 2.24) is 4.98 Å². The number of anilines is 1. The van der Waals surface area contributed by atoms with Crippen LogP contribution in [0.1, 0.15) is 49.7 Å². The van der Waals surface area contributed by atoms with Gasteiger partial charge in [-0.15, -0.1) is 0 Å². The van der Waals surface area contributed by atoms with Crippen LogP contribution in [0.4, 0.5) is 18.9 Å². The monoisotopic (exact) mass is 537 g/mol. The second-order valence-corrected chi connectivity index (χ2v) is 12.6. The maximum Gasteiger partial charge on any atom is 0.274 e. The summed E-state index contributed by atoms with van der Waals surface area (Å²) in [7, 11) is -4.08. The van der Waals surface area contributed by atoms with Crippen molar-refractivity contribution < 1.29 is 31.1 Å². The summed E-state index contributed by atoms with van der Waals surface area (Å²) in [6.07, 6.45) is 0.182. The van der Waals surface area contributed by atoms with E-state index in [0.29, 0.717) is 6.42 Å². The summed E-state index contributed by atoms with van der Waals surface area (Å²) in [5.41, 5.74) is -2.16. The number of halogens is 3. The molecule has 0 saturated carbocycles. The van der Waals surface area contributed by atoms with E-state index in [2.05, 4.69) is 10.3 Å². The Kier molecular flexibility index (Phi) is 7.24. The number of alkyl halides is 1. The number of ether oxygens (including phenoxy) is 1. The second-order valence-electron chi connectivity index (χ2n) is 10.5. The van der Waals surface area contributed by atoms with Gasteiger partial charge in [-0.1, -0.05) is 27.2 Å². The first-order valence-corrected chi connectivity index (χ1v) is 13.8. The van der Waals surface area contributed by atoms with Gasteiger partial charge in [0.25, 0.3) is 5.91 Å². The number of hydrogen-bond acceptors (Lipinski definition) is 6. The second kappa shape index (κ2) is 9.83. The molecule has 1 amide bonds. The summed E-state index contributed by atoms with van der Waals surface area (Å²) >= 11 is 0. The molecule has 0 radical (unpaired) electrons. The standard InChI is InChI=1S/C26H30F3N3O4S/c1-4-15-9-22(30)25(2,3)14-37(34,35)23-21(11-27)36-13-26(15,23)18-10-17(6-7-19(18)29)32-24(33)20-8-5-16(28)12-31-20/h5-8,10,12,15,21,23,30H,4,9,11,13-14H2,1-3H3,(H,32,33). The topological polar surface area (TPSA) is 109 Å². The third kappa shape index (κ3) is 4.79. The molecule has 2 aliphatic rings. The molecule has 3 heterocycles. The molecular weight excluding hydrogens is 507 g/mol. The maximum absolute atomic E-state index is 15.6. The number of amides is 1. The van der Waals surface area contributed by atoms with Gasteiger partial charge in [0, 0.05) is 27.8 Å². The summed E-state index contributed by atoms with van der Waals surface area (Å²) in [5, 5.41) is 9.89. The van der Waals surface area contributed by atoms with Crippen LogP contribution in [0.25, 0.3) is 0 Å². The van der Waals surface area contributed by atoms with Crippen LogP contribution >= 0.6 is 0 Å². The zero-order valence-electron chi connectivity index (χ0n) is 20.9. The van der Waals surface area contributed by atoms with Gasteiger partial charge in [0.2, 0.25) is 0 Å². The van der Waals surface area contributed by atoms with Crippen molar-refractivity contribution in [3.8, 4) is 0 Å². The molecule has 1 aromatic heterocycles. The van der Waals surface area contributed by atoms with E-state index in [9.17, 15) is 22.0 Å². The lowest BCUT2D eigenvalue weighted by molar-refractivity contribution is 0.0793. The van der Waals surface area contributed by atoms with Crippen LogP contribution in [0.15, 0.2) is 36.5 Å². The van der Waals surface area contributed by atoms with Crippen molar-refractivity contribution in [2.45, 2.75) is 50.4 Å². The predicted molar refractivity (Wildman–Crippen MR) is 133 cm³/mol. The number of hydrogen-bond donors (Lipinski definition) is 2. The predicted octanol–water partition coefficient (Wildman–Crippen LogP) is 4.48. The molecule has 2 saturated heterocycles. The summed E-state index contributed by atoms with van der Waals surface area (Å²) in [5.74, 6) is -2.94. The van der Waals surface area contributed by atoms with E-state index in [1.807, 2.05) is 6.92 Å². The first-order chi connectivity index (χ1) is 17.4. The normalized spacial score (nSPS) is 28.7. The van der Waals surface area contributed by atoms with Crippen LogP contribution in [-0.2, 0) is 20.0 Å². The number of rotatable bonds is 5. The number of nitrogens with zero attached hydrogens (tertiary/aromatic N) is 1. The highest BCUT2D eigenvalue weighted by Gasteiger charge is 2.62. The average molecular weight is 538 g/mol. The van der Waals surface area contributed by atoms with Crippen molar-refractivity contribution in [1.29, 1.82) is 5.41 Å². The van der Waals surface area contributed by atoms with E-state index in [1.165, 1.54) is 18.2 Å². The van der Waals surface area contributed by atoms with Gasteiger partial charge in [-0.05, 0) is 42.7 Å². The third-order valence-corrected chi connectivity index (χ3v) is 10.3. The van der Waals surface area contributed by atoms with Gasteiger partial charge in [0.1, 0.15) is 35.4 Å². The van der Waals surface area contributed by atoms with E-state index >= 15 is 4.39 Å². The zero-order valence-corrected chi connectivity index (χ0v) is 21.7. The van der Waals surface area contributed by atoms with E-state index < -0.39 is 67.9 Å². The number of carbonyl (C=O) groups excluding carboxylic acids is 1. The summed E-state index contributed by atoms with van der Waals surface area (Å²) in [6.45, 7) is 3.87. The van der Waals surface area contributed by atoms with Gasteiger partial charge in [-0.25, -0.2) is 26.6 Å². The summed E-state index contributed by atoms with van der Waals surface area (Å²) in [6, 6.07) is 6.06. The molecule has 11 heteroatoms. The fraction of sp³-hybridized carbons (Fsp3) is 0.500. The lowest BCUT2D eigenvalue weighted by Crippen LogP contribution is -2.57. The highest BCUT2D eigenvalue weighted by atomic mass is 32.2. The number of sulfone groups is 1. The molecule has 0 spiro atoms. The molecule has 4 unspecified atom stereocenters. The minimum absolute atomic E-state index is 0.0127.